The largest absolute Gasteiger partial charge is 0.496 e. The van der Waals surface area contributed by atoms with Gasteiger partial charge in [-0.05, 0) is 42.0 Å². The van der Waals surface area contributed by atoms with Crippen molar-refractivity contribution < 1.29 is 19.0 Å². The Balaban J connectivity index is 1.52. The van der Waals surface area contributed by atoms with Crippen LogP contribution in [0.15, 0.2) is 60.8 Å². The third-order valence-corrected chi connectivity index (χ3v) is 4.45. The van der Waals surface area contributed by atoms with Crippen LogP contribution in [-0.2, 0) is 6.61 Å². The molecule has 0 saturated heterocycles. The number of hydrogen-bond acceptors (Lipinski definition) is 5. The van der Waals surface area contributed by atoms with Crippen LogP contribution in [0.4, 0.5) is 0 Å². The van der Waals surface area contributed by atoms with Crippen molar-refractivity contribution >= 4 is 5.78 Å². The van der Waals surface area contributed by atoms with Gasteiger partial charge in [-0.3, -0.25) is 9.78 Å². The second-order valence-electron chi connectivity index (χ2n) is 6.22. The minimum Gasteiger partial charge on any atom is -0.496 e. The van der Waals surface area contributed by atoms with Crippen molar-refractivity contribution in [1.82, 2.24) is 4.98 Å². The summed E-state index contributed by atoms with van der Waals surface area (Å²) in [6.45, 7) is 0.805. The summed E-state index contributed by atoms with van der Waals surface area (Å²) in [5, 5.41) is 0. The van der Waals surface area contributed by atoms with Gasteiger partial charge >= 0.3 is 0 Å². The number of rotatable bonds is 5. The average molecular weight is 361 g/mol. The molecular weight excluding hydrogens is 342 g/mol. The smallest absolute Gasteiger partial charge is 0.169 e. The van der Waals surface area contributed by atoms with Crippen molar-refractivity contribution in [2.24, 2.45) is 0 Å². The van der Waals surface area contributed by atoms with Crippen LogP contribution in [0.2, 0.25) is 0 Å². The highest BCUT2D eigenvalue weighted by atomic mass is 16.5. The normalized spacial score (nSPS) is 12.9. The lowest BCUT2D eigenvalue weighted by Gasteiger charge is -2.17. The number of aromatic nitrogens is 1. The number of hydrogen-bond donors (Lipinski definition) is 0. The molecule has 136 valence electrons. The fourth-order valence-electron chi connectivity index (χ4n) is 3.06. The Morgan fingerprint density at radius 3 is 2.85 bits per heavy atom. The minimum absolute atomic E-state index is 0.110. The van der Waals surface area contributed by atoms with Crippen LogP contribution in [0, 0.1) is 0 Å². The van der Waals surface area contributed by atoms with Gasteiger partial charge in [-0.1, -0.05) is 12.1 Å². The number of ether oxygens (including phenoxy) is 3. The number of para-hydroxylation sites is 1. The Hall–Kier alpha value is -3.34. The topological polar surface area (TPSA) is 57.7 Å². The molecule has 0 unspecified atom stereocenters. The maximum atomic E-state index is 11.9. The first-order valence-corrected chi connectivity index (χ1v) is 8.76. The number of Topliss-reactive ketones (excluding diaryl/α,β-unsaturated/α-hetero) is 1. The quantitative estimate of drug-likeness (QED) is 0.678. The highest BCUT2D eigenvalue weighted by Gasteiger charge is 2.18. The molecular formula is C22H19NO4. The van der Waals surface area contributed by atoms with Crippen LogP contribution in [0.5, 0.6) is 17.2 Å². The highest BCUT2D eigenvalue weighted by molar-refractivity contribution is 5.99. The summed E-state index contributed by atoms with van der Waals surface area (Å²) in [4.78, 5) is 16.3. The van der Waals surface area contributed by atoms with Crippen molar-refractivity contribution in [3.05, 3.63) is 71.9 Å². The molecule has 0 bridgehead atoms. The lowest BCUT2D eigenvalue weighted by molar-refractivity contribution is 0.0933. The van der Waals surface area contributed by atoms with Crippen molar-refractivity contribution in [3.8, 4) is 28.5 Å². The summed E-state index contributed by atoms with van der Waals surface area (Å²) in [7, 11) is 1.65. The van der Waals surface area contributed by atoms with Gasteiger partial charge in [0.1, 0.15) is 23.9 Å². The molecule has 0 saturated carbocycles. The van der Waals surface area contributed by atoms with Gasteiger partial charge < -0.3 is 14.2 Å². The number of carbonyl (C=O) groups excluding carboxylic acids is 1. The monoisotopic (exact) mass is 361 g/mol. The van der Waals surface area contributed by atoms with E-state index in [2.05, 4.69) is 4.98 Å². The molecule has 27 heavy (non-hydrogen) atoms. The molecule has 1 aliphatic rings. The van der Waals surface area contributed by atoms with E-state index < -0.39 is 0 Å². The second-order valence-corrected chi connectivity index (χ2v) is 6.22. The van der Waals surface area contributed by atoms with Crippen LogP contribution in [0.25, 0.3) is 11.3 Å². The predicted octanol–water partition coefficient (Wildman–Crippen LogP) is 4.30. The molecule has 2 heterocycles. The number of ketones is 1. The van der Waals surface area contributed by atoms with E-state index in [-0.39, 0.29) is 5.78 Å². The fourth-order valence-corrected chi connectivity index (χ4v) is 3.06. The predicted molar refractivity (Wildman–Crippen MR) is 101 cm³/mol. The SMILES string of the molecule is COc1ccccc1-c1cc(COc2ccc3c(c2)OCCC3=O)ccn1. The Labute approximate surface area is 157 Å². The summed E-state index contributed by atoms with van der Waals surface area (Å²) < 4.78 is 16.9. The second kappa shape index (κ2) is 7.50. The summed E-state index contributed by atoms with van der Waals surface area (Å²) in [6, 6.07) is 17.0. The third-order valence-electron chi connectivity index (χ3n) is 4.45. The molecule has 0 fully saturated rings. The molecule has 2 aromatic carbocycles. The Morgan fingerprint density at radius 1 is 1.07 bits per heavy atom. The molecule has 0 amide bonds. The van der Waals surface area contributed by atoms with E-state index in [0.717, 1.165) is 22.6 Å². The van der Waals surface area contributed by atoms with E-state index >= 15 is 0 Å². The summed E-state index contributed by atoms with van der Waals surface area (Å²) >= 11 is 0. The standard InChI is InChI=1S/C22H19NO4/c1-25-21-5-3-2-4-17(21)19-12-15(8-10-23-19)14-27-16-6-7-18-20(24)9-11-26-22(18)13-16/h2-8,10,12-13H,9,11,14H2,1H3. The first-order valence-electron chi connectivity index (χ1n) is 8.76. The molecule has 3 aromatic rings. The van der Waals surface area contributed by atoms with Gasteiger partial charge in [0, 0.05) is 24.2 Å². The van der Waals surface area contributed by atoms with Gasteiger partial charge in [0.15, 0.2) is 5.78 Å². The minimum atomic E-state index is 0.110. The summed E-state index contributed by atoms with van der Waals surface area (Å²) in [5.41, 5.74) is 3.37. The van der Waals surface area contributed by atoms with Gasteiger partial charge in [0.25, 0.3) is 0 Å². The Kier molecular flexibility index (Phi) is 4.75. The van der Waals surface area contributed by atoms with Crippen LogP contribution in [0.1, 0.15) is 22.3 Å². The highest BCUT2D eigenvalue weighted by Crippen LogP contribution is 2.30. The summed E-state index contributed by atoms with van der Waals surface area (Å²) in [6.07, 6.45) is 2.19. The zero-order valence-corrected chi connectivity index (χ0v) is 15.0. The van der Waals surface area contributed by atoms with E-state index in [0.29, 0.717) is 36.7 Å². The van der Waals surface area contributed by atoms with Gasteiger partial charge in [-0.2, -0.15) is 0 Å². The van der Waals surface area contributed by atoms with Crippen LogP contribution >= 0.6 is 0 Å². The van der Waals surface area contributed by atoms with E-state index in [4.69, 9.17) is 14.2 Å². The van der Waals surface area contributed by atoms with Gasteiger partial charge in [0.05, 0.1) is 25.0 Å². The van der Waals surface area contributed by atoms with E-state index in [1.807, 2.05) is 36.4 Å². The van der Waals surface area contributed by atoms with Crippen LogP contribution < -0.4 is 14.2 Å². The number of pyridine rings is 1. The van der Waals surface area contributed by atoms with Gasteiger partial charge in [-0.25, -0.2) is 0 Å². The van der Waals surface area contributed by atoms with Crippen molar-refractivity contribution in [2.75, 3.05) is 13.7 Å². The summed E-state index contributed by atoms with van der Waals surface area (Å²) in [5.74, 6) is 2.14. The van der Waals surface area contributed by atoms with Crippen LogP contribution in [-0.4, -0.2) is 24.5 Å². The molecule has 0 aliphatic carbocycles. The maximum absolute atomic E-state index is 11.9. The van der Waals surface area contributed by atoms with Crippen molar-refractivity contribution in [1.29, 1.82) is 0 Å². The zero-order valence-electron chi connectivity index (χ0n) is 15.0. The molecule has 5 heteroatoms. The van der Waals surface area contributed by atoms with Gasteiger partial charge in [-0.15, -0.1) is 0 Å². The Morgan fingerprint density at radius 2 is 1.96 bits per heavy atom. The first-order chi connectivity index (χ1) is 13.2. The molecule has 1 aliphatic heterocycles. The third kappa shape index (κ3) is 3.62. The average Bonchev–Trinajstić information content (AvgIpc) is 2.72. The zero-order chi connectivity index (χ0) is 18.6. The molecule has 5 nitrogen and oxygen atoms in total. The van der Waals surface area contributed by atoms with Crippen molar-refractivity contribution in [3.63, 3.8) is 0 Å². The van der Waals surface area contributed by atoms with E-state index in [1.54, 1.807) is 31.5 Å². The lowest BCUT2D eigenvalue weighted by Crippen LogP contribution is -2.15. The number of methoxy groups -OCH3 is 1. The Bertz CT molecular complexity index is 984. The van der Waals surface area contributed by atoms with Crippen molar-refractivity contribution in [2.45, 2.75) is 13.0 Å². The maximum Gasteiger partial charge on any atom is 0.169 e. The number of nitrogens with zero attached hydrogens (tertiary/aromatic N) is 1. The van der Waals surface area contributed by atoms with E-state index in [9.17, 15) is 4.79 Å². The number of benzene rings is 2. The number of carbonyl (C=O) groups is 1. The van der Waals surface area contributed by atoms with Gasteiger partial charge in [0.2, 0.25) is 0 Å². The molecule has 0 spiro atoms. The fraction of sp³-hybridized carbons (Fsp3) is 0.182. The van der Waals surface area contributed by atoms with E-state index in [1.165, 1.54) is 0 Å². The van der Waals surface area contributed by atoms with Crippen LogP contribution in [0.3, 0.4) is 0 Å². The molecule has 0 atom stereocenters. The number of fused-ring (bicyclic) bond motifs is 1. The molecule has 0 radical (unpaired) electrons. The first kappa shape index (κ1) is 17.1. The lowest BCUT2D eigenvalue weighted by atomic mass is 10.1. The molecule has 1 aromatic heterocycles. The molecule has 4 rings (SSSR count). The molecule has 0 N–H and O–H groups in total.